The molecule has 0 radical (unpaired) electrons. The number of fused-ring (bicyclic) bond motifs is 1. The summed E-state index contributed by atoms with van der Waals surface area (Å²) in [7, 11) is 0. The molecule has 1 saturated carbocycles. The van der Waals surface area contributed by atoms with Gasteiger partial charge in [0.05, 0.1) is 17.9 Å². The smallest absolute Gasteiger partial charge is 0.391 e. The molecular weight excluding hydrogens is 395 g/mol. The number of carbonyl (C=O) groups is 1. The van der Waals surface area contributed by atoms with Gasteiger partial charge in [0.2, 0.25) is 0 Å². The van der Waals surface area contributed by atoms with Gasteiger partial charge in [0, 0.05) is 13.1 Å². The van der Waals surface area contributed by atoms with E-state index in [0.29, 0.717) is 31.6 Å². The van der Waals surface area contributed by atoms with Crippen molar-refractivity contribution in [1.29, 1.82) is 0 Å². The average molecular weight is 421 g/mol. The van der Waals surface area contributed by atoms with E-state index in [1.54, 1.807) is 0 Å². The standard InChI is InChI=1S/C23H26F3NO3/c24-23(25,26)19-4-7-20(8-5-19)30-21-6-3-16-11-15(1-2-17(16)12-21)13-27-10-9-18(14-27)22(28)29/h1-3,6,11-12,18-20H,4-5,7-10,13-14H2,(H,28,29)/t18-,19-,20-/m1/s1. The van der Waals surface area contributed by atoms with E-state index in [9.17, 15) is 18.0 Å². The van der Waals surface area contributed by atoms with Crippen molar-refractivity contribution in [2.45, 2.75) is 50.9 Å². The highest BCUT2D eigenvalue weighted by Gasteiger charge is 2.41. The predicted molar refractivity (Wildman–Crippen MR) is 107 cm³/mol. The van der Waals surface area contributed by atoms with Crippen molar-refractivity contribution in [2.24, 2.45) is 11.8 Å². The molecule has 2 fully saturated rings. The summed E-state index contributed by atoms with van der Waals surface area (Å²) in [5.41, 5.74) is 1.13. The third kappa shape index (κ3) is 4.89. The minimum atomic E-state index is -4.10. The summed E-state index contributed by atoms with van der Waals surface area (Å²) in [4.78, 5) is 13.3. The third-order valence-electron chi connectivity index (χ3n) is 6.34. The molecule has 0 spiro atoms. The van der Waals surface area contributed by atoms with Crippen LogP contribution in [0, 0.1) is 11.8 Å². The summed E-state index contributed by atoms with van der Waals surface area (Å²) in [6, 6.07) is 11.9. The Hall–Kier alpha value is -2.28. The first-order valence-corrected chi connectivity index (χ1v) is 10.5. The van der Waals surface area contributed by atoms with Crippen LogP contribution in [-0.2, 0) is 11.3 Å². The van der Waals surface area contributed by atoms with Gasteiger partial charge >= 0.3 is 12.1 Å². The predicted octanol–water partition coefficient (Wildman–Crippen LogP) is 5.25. The van der Waals surface area contributed by atoms with Gasteiger partial charge in [-0.1, -0.05) is 18.2 Å². The quantitative estimate of drug-likeness (QED) is 0.717. The molecule has 0 amide bonds. The van der Waals surface area contributed by atoms with Crippen LogP contribution in [0.1, 0.15) is 37.7 Å². The second-order valence-corrected chi connectivity index (χ2v) is 8.54. The Kier molecular flexibility index (Phi) is 5.91. The van der Waals surface area contributed by atoms with Crippen LogP contribution >= 0.6 is 0 Å². The number of aliphatic carboxylic acids is 1. The number of carboxylic acid groups (broad SMARTS) is 1. The summed E-state index contributed by atoms with van der Waals surface area (Å²) >= 11 is 0. The Morgan fingerprint density at radius 1 is 1.03 bits per heavy atom. The maximum Gasteiger partial charge on any atom is 0.391 e. The highest BCUT2D eigenvalue weighted by molar-refractivity contribution is 5.84. The monoisotopic (exact) mass is 421 g/mol. The third-order valence-corrected chi connectivity index (χ3v) is 6.34. The van der Waals surface area contributed by atoms with Crippen LogP contribution in [0.4, 0.5) is 13.2 Å². The summed E-state index contributed by atoms with van der Waals surface area (Å²) in [5.74, 6) is -1.52. The van der Waals surface area contributed by atoms with E-state index in [-0.39, 0.29) is 24.9 Å². The number of halogens is 3. The number of rotatable bonds is 5. The second kappa shape index (κ2) is 8.46. The van der Waals surface area contributed by atoms with E-state index in [1.807, 2.05) is 30.3 Å². The fraction of sp³-hybridized carbons (Fsp3) is 0.522. The molecule has 4 nitrogen and oxygen atoms in total. The van der Waals surface area contributed by atoms with E-state index in [0.717, 1.165) is 29.4 Å². The zero-order valence-corrected chi connectivity index (χ0v) is 16.7. The van der Waals surface area contributed by atoms with Gasteiger partial charge in [0.1, 0.15) is 5.75 Å². The van der Waals surface area contributed by atoms with Crippen LogP contribution in [-0.4, -0.2) is 41.3 Å². The molecule has 0 aromatic heterocycles. The van der Waals surface area contributed by atoms with Gasteiger partial charge in [-0.25, -0.2) is 0 Å². The first kappa shape index (κ1) is 21.0. The van der Waals surface area contributed by atoms with Crippen LogP contribution in [0.3, 0.4) is 0 Å². The van der Waals surface area contributed by atoms with Gasteiger partial charge in [0.15, 0.2) is 0 Å². The minimum absolute atomic E-state index is 0.129. The Balaban J connectivity index is 1.36. The lowest BCUT2D eigenvalue weighted by Crippen LogP contribution is -2.31. The van der Waals surface area contributed by atoms with Crippen molar-refractivity contribution in [3.05, 3.63) is 42.0 Å². The van der Waals surface area contributed by atoms with E-state index in [2.05, 4.69) is 11.0 Å². The van der Waals surface area contributed by atoms with Crippen molar-refractivity contribution in [3.8, 4) is 5.75 Å². The molecule has 1 N–H and O–H groups in total. The number of likely N-dealkylation sites (tertiary alicyclic amines) is 1. The van der Waals surface area contributed by atoms with Crippen molar-refractivity contribution in [2.75, 3.05) is 13.1 Å². The molecule has 0 bridgehead atoms. The number of hydrogen-bond donors (Lipinski definition) is 1. The molecule has 2 aliphatic rings. The molecule has 1 saturated heterocycles. The topological polar surface area (TPSA) is 49.8 Å². The fourth-order valence-electron chi connectivity index (χ4n) is 4.58. The molecule has 4 rings (SSSR count). The number of hydrogen-bond acceptors (Lipinski definition) is 3. The molecule has 30 heavy (non-hydrogen) atoms. The van der Waals surface area contributed by atoms with Gasteiger partial charge in [-0.05, 0) is 73.2 Å². The van der Waals surface area contributed by atoms with Crippen molar-refractivity contribution in [3.63, 3.8) is 0 Å². The normalized spacial score (nSPS) is 25.5. The zero-order valence-electron chi connectivity index (χ0n) is 16.7. The highest BCUT2D eigenvalue weighted by atomic mass is 19.4. The number of nitrogens with zero attached hydrogens (tertiary/aromatic N) is 1. The Labute approximate surface area is 173 Å². The first-order chi connectivity index (χ1) is 14.3. The zero-order chi connectivity index (χ0) is 21.3. The number of ether oxygens (including phenoxy) is 1. The molecule has 1 aliphatic carbocycles. The van der Waals surface area contributed by atoms with Crippen LogP contribution in [0.25, 0.3) is 10.8 Å². The lowest BCUT2D eigenvalue weighted by molar-refractivity contribution is -0.185. The van der Waals surface area contributed by atoms with Crippen molar-refractivity contribution >= 4 is 16.7 Å². The van der Waals surface area contributed by atoms with Gasteiger partial charge in [-0.2, -0.15) is 13.2 Å². The summed E-state index contributed by atoms with van der Waals surface area (Å²) in [5, 5.41) is 11.2. The van der Waals surface area contributed by atoms with Gasteiger partial charge in [0.25, 0.3) is 0 Å². The van der Waals surface area contributed by atoms with Gasteiger partial charge in [-0.15, -0.1) is 0 Å². The molecular formula is C23H26F3NO3. The summed E-state index contributed by atoms with van der Waals surface area (Å²) in [6.45, 7) is 2.09. The number of benzene rings is 2. The fourth-order valence-corrected chi connectivity index (χ4v) is 4.58. The summed E-state index contributed by atoms with van der Waals surface area (Å²) in [6.07, 6.45) is -2.47. The van der Waals surface area contributed by atoms with Crippen LogP contribution in [0.2, 0.25) is 0 Å². The Morgan fingerprint density at radius 2 is 1.73 bits per heavy atom. The molecule has 1 atom stereocenters. The lowest BCUT2D eigenvalue weighted by Gasteiger charge is -2.30. The van der Waals surface area contributed by atoms with Gasteiger partial charge < -0.3 is 9.84 Å². The van der Waals surface area contributed by atoms with Crippen molar-refractivity contribution in [1.82, 2.24) is 4.90 Å². The van der Waals surface area contributed by atoms with Crippen LogP contribution < -0.4 is 4.74 Å². The molecule has 162 valence electrons. The second-order valence-electron chi connectivity index (χ2n) is 8.54. The Morgan fingerprint density at radius 3 is 2.40 bits per heavy atom. The van der Waals surface area contributed by atoms with E-state index in [4.69, 9.17) is 9.84 Å². The number of carboxylic acids is 1. The van der Waals surface area contributed by atoms with Crippen molar-refractivity contribution < 1.29 is 27.8 Å². The lowest BCUT2D eigenvalue weighted by atomic mass is 9.87. The van der Waals surface area contributed by atoms with Gasteiger partial charge in [-0.3, -0.25) is 9.69 Å². The maximum absolute atomic E-state index is 12.8. The van der Waals surface area contributed by atoms with Crippen LogP contribution in [0.5, 0.6) is 5.75 Å². The van der Waals surface area contributed by atoms with E-state index >= 15 is 0 Å². The Bertz CT molecular complexity index is 906. The SMILES string of the molecule is O=C(O)[C@@H]1CCN(Cc2ccc3cc(O[C@H]4CC[C@H](C(F)(F)F)CC4)ccc3c2)C1. The van der Waals surface area contributed by atoms with E-state index in [1.165, 1.54) is 0 Å². The maximum atomic E-state index is 12.8. The molecule has 7 heteroatoms. The molecule has 0 unspecified atom stereocenters. The molecule has 1 heterocycles. The van der Waals surface area contributed by atoms with Crippen LogP contribution in [0.15, 0.2) is 36.4 Å². The number of alkyl halides is 3. The first-order valence-electron chi connectivity index (χ1n) is 10.5. The van der Waals surface area contributed by atoms with E-state index < -0.39 is 18.1 Å². The highest BCUT2D eigenvalue weighted by Crippen LogP contribution is 2.38. The molecule has 1 aliphatic heterocycles. The molecule has 2 aromatic carbocycles. The largest absolute Gasteiger partial charge is 0.490 e. The minimum Gasteiger partial charge on any atom is -0.490 e. The summed E-state index contributed by atoms with van der Waals surface area (Å²) < 4.78 is 44.4. The molecule has 2 aromatic rings. The average Bonchev–Trinajstić information content (AvgIpc) is 3.17.